The molecule has 0 spiro atoms. The highest BCUT2D eigenvalue weighted by Crippen LogP contribution is 2.38. The van der Waals surface area contributed by atoms with Crippen molar-refractivity contribution in [3.8, 4) is 28.7 Å². The van der Waals surface area contributed by atoms with Gasteiger partial charge in [0.1, 0.15) is 0 Å². The molecular formula is C26H24Cl2N2O7. The van der Waals surface area contributed by atoms with Gasteiger partial charge in [-0.25, -0.2) is 5.43 Å². The molecule has 0 aliphatic rings. The van der Waals surface area contributed by atoms with E-state index in [-0.39, 0.29) is 23.0 Å². The summed E-state index contributed by atoms with van der Waals surface area (Å²) in [5.74, 6) is 1.03. The van der Waals surface area contributed by atoms with Gasteiger partial charge in [0.25, 0.3) is 5.91 Å². The highest BCUT2D eigenvalue weighted by Gasteiger charge is 2.17. The number of ether oxygens (including phenoxy) is 5. The van der Waals surface area contributed by atoms with Gasteiger partial charge in [-0.2, -0.15) is 5.10 Å². The number of amides is 1. The average Bonchev–Trinajstić information content (AvgIpc) is 2.92. The van der Waals surface area contributed by atoms with Crippen molar-refractivity contribution in [2.24, 2.45) is 5.10 Å². The second-order valence-electron chi connectivity index (χ2n) is 7.36. The standard InChI is InChI=1S/C26H24Cl2N2O7/c1-33-22-9-15(5-8-21(22)37-14-20(31)16-6-7-18(27)19(28)10-16)13-29-30-26(32)17-11-23(34-2)25(36-4)24(12-17)35-3/h5-13H,14H2,1-4H3,(H,30,32)/b29-13+. The van der Waals surface area contributed by atoms with Gasteiger partial charge in [0.15, 0.2) is 35.4 Å². The summed E-state index contributed by atoms with van der Waals surface area (Å²) in [5, 5.41) is 4.64. The van der Waals surface area contributed by atoms with E-state index in [1.165, 1.54) is 52.9 Å². The maximum absolute atomic E-state index is 12.6. The number of ketones is 1. The summed E-state index contributed by atoms with van der Waals surface area (Å²) in [4.78, 5) is 25.0. The van der Waals surface area contributed by atoms with Gasteiger partial charge in [0.05, 0.1) is 44.7 Å². The third-order valence-corrected chi connectivity index (χ3v) is 5.83. The summed E-state index contributed by atoms with van der Waals surface area (Å²) in [6.45, 7) is -0.230. The zero-order valence-electron chi connectivity index (χ0n) is 20.5. The maximum Gasteiger partial charge on any atom is 0.271 e. The number of benzene rings is 3. The molecule has 9 nitrogen and oxygen atoms in total. The van der Waals surface area contributed by atoms with Gasteiger partial charge in [0.2, 0.25) is 5.75 Å². The van der Waals surface area contributed by atoms with Gasteiger partial charge >= 0.3 is 0 Å². The van der Waals surface area contributed by atoms with Gasteiger partial charge in [-0.3, -0.25) is 9.59 Å². The lowest BCUT2D eigenvalue weighted by Gasteiger charge is -2.13. The van der Waals surface area contributed by atoms with Crippen LogP contribution in [-0.4, -0.2) is 53.0 Å². The number of carbonyl (C=O) groups is 2. The van der Waals surface area contributed by atoms with Crippen LogP contribution in [0.5, 0.6) is 28.7 Å². The monoisotopic (exact) mass is 546 g/mol. The summed E-state index contributed by atoms with van der Waals surface area (Å²) in [5.41, 5.74) is 3.70. The molecule has 3 rings (SSSR count). The molecule has 194 valence electrons. The Morgan fingerprint density at radius 1 is 0.784 bits per heavy atom. The van der Waals surface area contributed by atoms with Crippen LogP contribution in [0, 0.1) is 0 Å². The molecule has 0 unspecified atom stereocenters. The Morgan fingerprint density at radius 3 is 2.05 bits per heavy atom. The predicted octanol–water partition coefficient (Wildman–Crippen LogP) is 5.05. The van der Waals surface area contributed by atoms with Gasteiger partial charge in [-0.05, 0) is 54.1 Å². The Kier molecular flexibility index (Phi) is 9.59. The number of hydrogen-bond donors (Lipinski definition) is 1. The number of carbonyl (C=O) groups excluding carboxylic acids is 2. The number of nitrogens with one attached hydrogen (secondary N) is 1. The van der Waals surface area contributed by atoms with E-state index in [9.17, 15) is 9.59 Å². The Bertz CT molecular complexity index is 1300. The number of rotatable bonds is 11. The molecule has 11 heteroatoms. The van der Waals surface area contributed by atoms with Crippen molar-refractivity contribution in [2.45, 2.75) is 0 Å². The second kappa shape index (κ2) is 12.8. The molecule has 0 radical (unpaired) electrons. The van der Waals surface area contributed by atoms with Crippen molar-refractivity contribution in [2.75, 3.05) is 35.0 Å². The highest BCUT2D eigenvalue weighted by molar-refractivity contribution is 6.42. The van der Waals surface area contributed by atoms with Crippen LogP contribution in [-0.2, 0) is 0 Å². The van der Waals surface area contributed by atoms with Crippen molar-refractivity contribution in [1.29, 1.82) is 0 Å². The Morgan fingerprint density at radius 2 is 1.46 bits per heavy atom. The first-order valence-corrected chi connectivity index (χ1v) is 11.5. The molecule has 0 aromatic heterocycles. The van der Waals surface area contributed by atoms with Crippen LogP contribution in [0.1, 0.15) is 26.3 Å². The number of hydrogen-bond acceptors (Lipinski definition) is 8. The molecule has 3 aromatic carbocycles. The number of methoxy groups -OCH3 is 4. The van der Waals surface area contributed by atoms with E-state index in [0.29, 0.717) is 44.9 Å². The quantitative estimate of drug-likeness (QED) is 0.204. The lowest BCUT2D eigenvalue weighted by Crippen LogP contribution is -2.18. The molecule has 37 heavy (non-hydrogen) atoms. The van der Waals surface area contributed by atoms with Crippen molar-refractivity contribution < 1.29 is 33.3 Å². The summed E-state index contributed by atoms with van der Waals surface area (Å²) in [7, 11) is 5.86. The Balaban J connectivity index is 1.66. The molecule has 1 amide bonds. The van der Waals surface area contributed by atoms with Crippen molar-refractivity contribution >= 4 is 41.1 Å². The van der Waals surface area contributed by atoms with Crippen LogP contribution in [0.3, 0.4) is 0 Å². The molecule has 0 atom stereocenters. The molecular weight excluding hydrogens is 523 g/mol. The Labute approximate surface area is 223 Å². The van der Waals surface area contributed by atoms with Crippen LogP contribution >= 0.6 is 23.2 Å². The largest absolute Gasteiger partial charge is 0.493 e. The highest BCUT2D eigenvalue weighted by atomic mass is 35.5. The van der Waals surface area contributed by atoms with Crippen LogP contribution in [0.25, 0.3) is 0 Å². The predicted molar refractivity (Wildman–Crippen MR) is 140 cm³/mol. The van der Waals surface area contributed by atoms with Crippen LogP contribution in [0.15, 0.2) is 53.6 Å². The third-order valence-electron chi connectivity index (χ3n) is 5.09. The van der Waals surface area contributed by atoms with Gasteiger partial charge in [0, 0.05) is 11.1 Å². The Hall–Kier alpha value is -3.95. The first kappa shape index (κ1) is 27.6. The van der Waals surface area contributed by atoms with E-state index in [1.807, 2.05) is 0 Å². The molecule has 0 fully saturated rings. The third kappa shape index (κ3) is 6.84. The first-order chi connectivity index (χ1) is 17.8. The van der Waals surface area contributed by atoms with Crippen LogP contribution in [0.4, 0.5) is 0 Å². The van der Waals surface area contributed by atoms with Gasteiger partial charge in [-0.1, -0.05) is 23.2 Å². The first-order valence-electron chi connectivity index (χ1n) is 10.7. The maximum atomic E-state index is 12.6. The second-order valence-corrected chi connectivity index (χ2v) is 8.18. The molecule has 0 aliphatic carbocycles. The van der Waals surface area contributed by atoms with Crippen molar-refractivity contribution in [3.05, 3.63) is 75.3 Å². The molecule has 0 saturated heterocycles. The fourth-order valence-corrected chi connectivity index (χ4v) is 3.52. The summed E-state index contributed by atoms with van der Waals surface area (Å²) in [6, 6.07) is 12.6. The number of nitrogens with zero attached hydrogens (tertiary/aromatic N) is 1. The van der Waals surface area contributed by atoms with Crippen molar-refractivity contribution in [1.82, 2.24) is 5.43 Å². The number of halogens is 2. The number of Topliss-reactive ketones (excluding diaryl/α,β-unsaturated/α-hetero) is 1. The fraction of sp³-hybridized carbons (Fsp3) is 0.192. The summed E-state index contributed by atoms with van der Waals surface area (Å²) < 4.78 is 26.8. The molecule has 0 bridgehead atoms. The minimum atomic E-state index is -0.483. The fourth-order valence-electron chi connectivity index (χ4n) is 3.22. The minimum absolute atomic E-state index is 0.230. The molecule has 0 saturated carbocycles. The lowest BCUT2D eigenvalue weighted by molar-refractivity contribution is 0.0918. The average molecular weight is 547 g/mol. The van der Waals surface area contributed by atoms with E-state index in [2.05, 4.69) is 10.5 Å². The topological polar surface area (TPSA) is 105 Å². The van der Waals surface area contributed by atoms with Gasteiger partial charge < -0.3 is 23.7 Å². The lowest BCUT2D eigenvalue weighted by atomic mass is 10.1. The van der Waals surface area contributed by atoms with E-state index in [1.54, 1.807) is 30.3 Å². The minimum Gasteiger partial charge on any atom is -0.493 e. The normalized spacial score (nSPS) is 10.6. The van der Waals surface area contributed by atoms with E-state index >= 15 is 0 Å². The van der Waals surface area contributed by atoms with Crippen LogP contribution < -0.4 is 29.1 Å². The van der Waals surface area contributed by atoms with Gasteiger partial charge in [-0.15, -0.1) is 0 Å². The summed E-state index contributed by atoms with van der Waals surface area (Å²) >= 11 is 11.9. The molecule has 3 aromatic rings. The number of hydrazone groups is 1. The van der Waals surface area contributed by atoms with Crippen LogP contribution in [0.2, 0.25) is 10.0 Å². The molecule has 0 heterocycles. The molecule has 1 N–H and O–H groups in total. The van der Waals surface area contributed by atoms with E-state index in [4.69, 9.17) is 46.9 Å². The zero-order valence-corrected chi connectivity index (χ0v) is 22.0. The van der Waals surface area contributed by atoms with Crippen molar-refractivity contribution in [3.63, 3.8) is 0 Å². The zero-order chi connectivity index (χ0) is 26.9. The smallest absolute Gasteiger partial charge is 0.271 e. The molecule has 0 aliphatic heterocycles. The van der Waals surface area contributed by atoms with E-state index in [0.717, 1.165) is 0 Å². The summed E-state index contributed by atoms with van der Waals surface area (Å²) in [6.07, 6.45) is 1.43. The SMILES string of the molecule is COc1cc(/C=N/NC(=O)c2cc(OC)c(OC)c(OC)c2)ccc1OCC(=O)c1ccc(Cl)c(Cl)c1. The van der Waals surface area contributed by atoms with E-state index < -0.39 is 5.91 Å².